The molecule has 2 amide bonds. The number of carbonyl (C=O) groups is 4. The maximum atomic E-state index is 12.4. The first-order valence-corrected chi connectivity index (χ1v) is 10.9. The molecule has 1 atom stereocenters. The van der Waals surface area contributed by atoms with Gasteiger partial charge >= 0.3 is 11.9 Å². The van der Waals surface area contributed by atoms with Gasteiger partial charge in [-0.25, -0.2) is 4.79 Å². The Balaban J connectivity index is 1.49. The number of anilines is 2. The molecule has 1 heterocycles. The summed E-state index contributed by atoms with van der Waals surface area (Å²) in [7, 11) is 0. The summed E-state index contributed by atoms with van der Waals surface area (Å²) < 4.78 is 10.2. The predicted molar refractivity (Wildman–Crippen MR) is 123 cm³/mol. The van der Waals surface area contributed by atoms with Crippen molar-refractivity contribution in [3.8, 4) is 0 Å². The minimum Gasteiger partial charge on any atom is -0.462 e. The van der Waals surface area contributed by atoms with Crippen molar-refractivity contribution in [3.05, 3.63) is 59.2 Å². The molecule has 33 heavy (non-hydrogen) atoms. The Morgan fingerprint density at radius 3 is 2.45 bits per heavy atom. The van der Waals surface area contributed by atoms with E-state index in [1.54, 1.807) is 29.2 Å². The number of ether oxygens (including phenoxy) is 2. The summed E-state index contributed by atoms with van der Waals surface area (Å²) in [6.07, 6.45) is 0.778. The summed E-state index contributed by atoms with van der Waals surface area (Å²) in [6.45, 7) is 5.91. The van der Waals surface area contributed by atoms with Crippen molar-refractivity contribution in [2.24, 2.45) is 5.92 Å². The number of nitrogens with one attached hydrogen (secondary N) is 1. The predicted octanol–water partition coefficient (Wildman–Crippen LogP) is 3.41. The average molecular weight is 453 g/mol. The van der Waals surface area contributed by atoms with Crippen LogP contribution in [0.5, 0.6) is 0 Å². The van der Waals surface area contributed by atoms with E-state index < -0.39 is 30.4 Å². The van der Waals surface area contributed by atoms with E-state index in [-0.39, 0.29) is 18.9 Å². The molecule has 0 saturated carbocycles. The Hall–Kier alpha value is -3.68. The Morgan fingerprint density at radius 2 is 1.79 bits per heavy atom. The lowest BCUT2D eigenvalue weighted by molar-refractivity contribution is -0.151. The third-order valence-electron chi connectivity index (χ3n) is 5.29. The molecule has 0 spiro atoms. The van der Waals surface area contributed by atoms with E-state index >= 15 is 0 Å². The number of carbonyl (C=O) groups excluding carboxylic acids is 4. The third kappa shape index (κ3) is 6.19. The summed E-state index contributed by atoms with van der Waals surface area (Å²) in [5, 5.41) is 2.61. The number of hydrogen-bond acceptors (Lipinski definition) is 6. The van der Waals surface area contributed by atoms with Gasteiger partial charge in [-0.3, -0.25) is 14.4 Å². The minimum atomic E-state index is -0.626. The van der Waals surface area contributed by atoms with Gasteiger partial charge in [-0.05, 0) is 56.2 Å². The molecular weight excluding hydrogens is 424 g/mol. The highest BCUT2D eigenvalue weighted by molar-refractivity contribution is 6.00. The van der Waals surface area contributed by atoms with Gasteiger partial charge in [-0.15, -0.1) is 0 Å². The van der Waals surface area contributed by atoms with Gasteiger partial charge in [0.15, 0.2) is 6.61 Å². The lowest BCUT2D eigenvalue weighted by Crippen LogP contribution is -2.28. The van der Waals surface area contributed by atoms with E-state index in [4.69, 9.17) is 9.47 Å². The Labute approximate surface area is 192 Å². The monoisotopic (exact) mass is 452 g/mol. The molecule has 0 unspecified atom stereocenters. The van der Waals surface area contributed by atoms with Crippen molar-refractivity contribution in [2.45, 2.75) is 33.6 Å². The molecule has 0 radical (unpaired) electrons. The Morgan fingerprint density at radius 1 is 1.06 bits per heavy atom. The number of esters is 2. The second kappa shape index (κ2) is 10.8. The van der Waals surface area contributed by atoms with Gasteiger partial charge in [0, 0.05) is 24.3 Å². The first-order valence-electron chi connectivity index (χ1n) is 10.9. The molecule has 8 heteroatoms. The smallest absolute Gasteiger partial charge is 0.338 e. The number of benzene rings is 2. The molecule has 0 aliphatic carbocycles. The van der Waals surface area contributed by atoms with Crippen LogP contribution >= 0.6 is 0 Å². The van der Waals surface area contributed by atoms with Crippen molar-refractivity contribution < 1.29 is 28.7 Å². The number of hydrogen-bond donors (Lipinski definition) is 1. The maximum Gasteiger partial charge on any atom is 0.338 e. The number of amides is 2. The quantitative estimate of drug-likeness (QED) is 0.616. The number of aryl methyl sites for hydroxylation is 2. The van der Waals surface area contributed by atoms with Crippen LogP contribution in [0.2, 0.25) is 0 Å². The highest BCUT2D eigenvalue weighted by Crippen LogP contribution is 2.29. The fourth-order valence-corrected chi connectivity index (χ4v) is 3.63. The van der Waals surface area contributed by atoms with Gasteiger partial charge in [0.25, 0.3) is 5.91 Å². The van der Waals surface area contributed by atoms with Gasteiger partial charge in [0.1, 0.15) is 0 Å². The van der Waals surface area contributed by atoms with Crippen molar-refractivity contribution in [2.75, 3.05) is 30.0 Å². The third-order valence-corrected chi connectivity index (χ3v) is 5.29. The van der Waals surface area contributed by atoms with Gasteiger partial charge in [0.05, 0.1) is 18.1 Å². The largest absolute Gasteiger partial charge is 0.462 e. The van der Waals surface area contributed by atoms with E-state index in [2.05, 4.69) is 5.32 Å². The van der Waals surface area contributed by atoms with Crippen molar-refractivity contribution in [1.82, 2.24) is 0 Å². The van der Waals surface area contributed by atoms with Crippen molar-refractivity contribution >= 4 is 35.1 Å². The summed E-state index contributed by atoms with van der Waals surface area (Å²) >= 11 is 0. The molecule has 2 aromatic rings. The van der Waals surface area contributed by atoms with E-state index in [1.807, 2.05) is 39.0 Å². The second-order valence-corrected chi connectivity index (χ2v) is 8.06. The molecule has 0 bridgehead atoms. The molecule has 1 saturated heterocycles. The van der Waals surface area contributed by atoms with Crippen LogP contribution in [0, 0.1) is 19.8 Å². The molecule has 2 aromatic carbocycles. The number of nitrogens with zero attached hydrogens (tertiary/aromatic N) is 1. The van der Waals surface area contributed by atoms with Crippen LogP contribution in [0.15, 0.2) is 42.5 Å². The van der Waals surface area contributed by atoms with Gasteiger partial charge in [-0.1, -0.05) is 24.6 Å². The second-order valence-electron chi connectivity index (χ2n) is 8.06. The van der Waals surface area contributed by atoms with Gasteiger partial charge < -0.3 is 19.7 Å². The molecule has 8 nitrogen and oxygen atoms in total. The zero-order chi connectivity index (χ0) is 24.0. The Kier molecular flexibility index (Phi) is 7.82. The zero-order valence-corrected chi connectivity index (χ0v) is 19.1. The van der Waals surface area contributed by atoms with Crippen LogP contribution in [-0.4, -0.2) is 43.5 Å². The summed E-state index contributed by atoms with van der Waals surface area (Å²) in [5.41, 5.74) is 3.67. The average Bonchev–Trinajstić information content (AvgIpc) is 3.17. The minimum absolute atomic E-state index is 0.0450. The summed E-state index contributed by atoms with van der Waals surface area (Å²) in [4.78, 5) is 50.5. The first kappa shape index (κ1) is 24.0. The lowest BCUT2D eigenvalue weighted by Gasteiger charge is -2.19. The van der Waals surface area contributed by atoms with Crippen LogP contribution < -0.4 is 10.2 Å². The topological polar surface area (TPSA) is 102 Å². The van der Waals surface area contributed by atoms with E-state index in [1.165, 1.54) is 0 Å². The lowest BCUT2D eigenvalue weighted by atomic mass is 10.1. The summed E-state index contributed by atoms with van der Waals surface area (Å²) in [5.74, 6) is -2.30. The molecule has 1 fully saturated rings. The van der Waals surface area contributed by atoms with Gasteiger partial charge in [-0.2, -0.15) is 0 Å². The highest BCUT2D eigenvalue weighted by atomic mass is 16.5. The molecular formula is C25H28N2O6. The normalized spacial score (nSPS) is 15.3. The fraction of sp³-hybridized carbons (Fsp3) is 0.360. The SMILES string of the molecule is CCCOC(=O)c1ccc(NC(=O)COC(=O)[C@@H]2CC(=O)N(c3ccc(C)cc3C)C2)cc1. The highest BCUT2D eigenvalue weighted by Gasteiger charge is 2.36. The van der Waals surface area contributed by atoms with Crippen LogP contribution in [0.25, 0.3) is 0 Å². The molecule has 0 aromatic heterocycles. The van der Waals surface area contributed by atoms with Crippen LogP contribution in [0.4, 0.5) is 11.4 Å². The van der Waals surface area contributed by atoms with Crippen molar-refractivity contribution in [1.29, 1.82) is 0 Å². The van der Waals surface area contributed by atoms with Crippen LogP contribution in [0.1, 0.15) is 41.3 Å². The Bertz CT molecular complexity index is 1050. The standard InChI is InChI=1S/C25H28N2O6/c1-4-11-32-24(30)18-6-8-20(9-7-18)26-22(28)15-33-25(31)19-13-23(29)27(14-19)21-10-5-16(2)12-17(21)3/h5-10,12,19H,4,11,13-15H2,1-3H3,(H,26,28)/t19-/m1/s1. The summed E-state index contributed by atoms with van der Waals surface area (Å²) in [6, 6.07) is 12.0. The first-order chi connectivity index (χ1) is 15.8. The fourth-order valence-electron chi connectivity index (χ4n) is 3.63. The molecule has 1 aliphatic rings. The molecule has 1 N–H and O–H groups in total. The molecule has 174 valence electrons. The van der Waals surface area contributed by atoms with E-state index in [0.717, 1.165) is 23.2 Å². The zero-order valence-electron chi connectivity index (χ0n) is 19.1. The number of rotatable bonds is 8. The van der Waals surface area contributed by atoms with Crippen LogP contribution in [-0.2, 0) is 23.9 Å². The van der Waals surface area contributed by atoms with E-state index in [9.17, 15) is 19.2 Å². The van der Waals surface area contributed by atoms with E-state index in [0.29, 0.717) is 17.9 Å². The van der Waals surface area contributed by atoms with Gasteiger partial charge in [0.2, 0.25) is 5.91 Å². The maximum absolute atomic E-state index is 12.4. The van der Waals surface area contributed by atoms with Crippen molar-refractivity contribution in [3.63, 3.8) is 0 Å². The molecule has 3 rings (SSSR count). The molecule has 1 aliphatic heterocycles. The van der Waals surface area contributed by atoms with Crippen LogP contribution in [0.3, 0.4) is 0 Å².